The highest BCUT2D eigenvalue weighted by molar-refractivity contribution is 14.1. The van der Waals surface area contributed by atoms with Crippen LogP contribution in [0.25, 0.3) is 10.8 Å². The summed E-state index contributed by atoms with van der Waals surface area (Å²) in [6.07, 6.45) is 0.404. The number of methoxy groups -OCH3 is 2. The maximum Gasteiger partial charge on any atom is 0.472 e. The van der Waals surface area contributed by atoms with Crippen LogP contribution >= 0.6 is 75.6 Å². The predicted octanol–water partition coefficient (Wildman–Crippen LogP) is 6.30. The van der Waals surface area contributed by atoms with Crippen molar-refractivity contribution >= 4 is 104 Å². The molecule has 3 aromatic carbocycles. The van der Waals surface area contributed by atoms with Crippen molar-refractivity contribution in [1.29, 1.82) is 0 Å². The molecule has 0 aliphatic heterocycles. The molecular formula is C34H43I3N3O9P. The third-order valence-corrected chi connectivity index (χ3v) is 11.3. The molecule has 0 bridgehead atoms. The van der Waals surface area contributed by atoms with Gasteiger partial charge >= 0.3 is 7.82 Å². The van der Waals surface area contributed by atoms with E-state index in [1.165, 1.54) is 0 Å². The fourth-order valence-corrected chi connectivity index (χ4v) is 9.95. The molecule has 0 aromatic heterocycles. The average molecular weight is 1050 g/mol. The van der Waals surface area contributed by atoms with E-state index < -0.39 is 43.6 Å². The van der Waals surface area contributed by atoms with E-state index in [-0.39, 0.29) is 32.0 Å². The van der Waals surface area contributed by atoms with Crippen molar-refractivity contribution in [2.24, 2.45) is 5.41 Å². The lowest BCUT2D eigenvalue weighted by atomic mass is 9.97. The van der Waals surface area contributed by atoms with Crippen LogP contribution in [-0.2, 0) is 34.4 Å². The molecule has 0 aliphatic carbocycles. The van der Waals surface area contributed by atoms with Gasteiger partial charge in [-0.3, -0.25) is 23.4 Å². The molecule has 4 N–H and O–H groups in total. The van der Waals surface area contributed by atoms with Gasteiger partial charge < -0.3 is 30.3 Å². The van der Waals surface area contributed by atoms with Crippen LogP contribution in [0.15, 0.2) is 42.5 Å². The minimum Gasteiger partial charge on any atom is -0.497 e. The molecule has 3 aromatic rings. The molecule has 16 heteroatoms. The van der Waals surface area contributed by atoms with Crippen LogP contribution in [0, 0.1) is 16.1 Å². The Morgan fingerprint density at radius 3 is 2.16 bits per heavy atom. The molecule has 50 heavy (non-hydrogen) atoms. The first-order valence-electron chi connectivity index (χ1n) is 15.7. The zero-order valence-corrected chi connectivity index (χ0v) is 36.1. The molecule has 0 radical (unpaired) electrons. The van der Waals surface area contributed by atoms with Gasteiger partial charge in [0.2, 0.25) is 17.7 Å². The van der Waals surface area contributed by atoms with Crippen molar-refractivity contribution in [3.63, 3.8) is 0 Å². The molecule has 274 valence electrons. The summed E-state index contributed by atoms with van der Waals surface area (Å²) in [5.41, 5.74) is 1.35. The molecule has 12 nitrogen and oxygen atoms in total. The van der Waals surface area contributed by atoms with Gasteiger partial charge in [0.05, 0.1) is 40.5 Å². The summed E-state index contributed by atoms with van der Waals surface area (Å²) in [6.45, 7) is 6.75. The Morgan fingerprint density at radius 1 is 0.880 bits per heavy atom. The zero-order chi connectivity index (χ0) is 37.2. The lowest BCUT2D eigenvalue weighted by Gasteiger charge is -2.23. The highest BCUT2D eigenvalue weighted by Gasteiger charge is 2.29. The number of amides is 3. The van der Waals surface area contributed by atoms with E-state index in [1.807, 2.05) is 63.2 Å². The van der Waals surface area contributed by atoms with E-state index in [0.717, 1.165) is 44.1 Å². The second kappa shape index (κ2) is 19.3. The smallest absolute Gasteiger partial charge is 0.472 e. The number of benzene rings is 3. The fourth-order valence-electron chi connectivity index (χ4n) is 4.63. The second-order valence-corrected chi connectivity index (χ2v) is 17.5. The van der Waals surface area contributed by atoms with Crippen LogP contribution < -0.4 is 25.4 Å². The number of rotatable bonds is 17. The number of nitrogens with one attached hydrogen (secondary N) is 3. The van der Waals surface area contributed by atoms with Crippen molar-refractivity contribution in [3.8, 4) is 11.5 Å². The first kappa shape index (κ1) is 42.6. The topological polar surface area (TPSA) is 162 Å². The van der Waals surface area contributed by atoms with Crippen LogP contribution in [0.4, 0.5) is 0 Å². The maximum absolute atomic E-state index is 13.2. The second-order valence-electron chi connectivity index (χ2n) is 12.7. The minimum atomic E-state index is -4.53. The lowest BCUT2D eigenvalue weighted by molar-refractivity contribution is -0.130. The van der Waals surface area contributed by atoms with Gasteiger partial charge in [0, 0.05) is 23.1 Å². The molecule has 0 aliphatic rings. The number of hydrogen-bond donors (Lipinski definition) is 4. The normalized spacial score (nSPS) is 14.0. The summed E-state index contributed by atoms with van der Waals surface area (Å²) in [7, 11) is -1.33. The standard InChI is InChI=1S/C34H43I3N3O9P/c1-20(21-7-8-23-16-24(46-5)10-9-22(23)15-21)32(42)38-13-14-39-33(43)28(18-48-50(44,45)49-19-34(2,3)4)40-29(41)12-11-25-26(35)17-27(36)31(47-6)30(25)37/h7-10,15-17,20,28H,11-14,18-19H2,1-6H3,(H,38,42)(H,39,43)(H,40,41)(H,44,45)/t20?,28-/m0/s1. The fraction of sp³-hybridized carbons (Fsp3) is 0.441. The van der Waals surface area contributed by atoms with Crippen LogP contribution in [-0.4, -0.2) is 69.2 Å². The monoisotopic (exact) mass is 1050 g/mol. The van der Waals surface area contributed by atoms with Crippen molar-refractivity contribution < 1.29 is 42.4 Å². The largest absolute Gasteiger partial charge is 0.497 e. The Bertz CT molecular complexity index is 1740. The summed E-state index contributed by atoms with van der Waals surface area (Å²) < 4.78 is 36.4. The van der Waals surface area contributed by atoms with Crippen LogP contribution in [0.3, 0.4) is 0 Å². The van der Waals surface area contributed by atoms with Crippen molar-refractivity contribution in [3.05, 3.63) is 64.3 Å². The summed E-state index contributed by atoms with van der Waals surface area (Å²) in [5, 5.41) is 10.1. The van der Waals surface area contributed by atoms with Gasteiger partial charge in [0.1, 0.15) is 17.5 Å². The Kier molecular flexibility index (Phi) is 16.5. The van der Waals surface area contributed by atoms with Gasteiger partial charge in [-0.1, -0.05) is 45.0 Å². The SMILES string of the molecule is COc1ccc2cc(C(C)C(=O)NCCNC(=O)[C@H](COP(=O)(O)OCC(C)(C)C)NC(=O)CCc3c(I)cc(I)c(OC)c3I)ccc2c1. The minimum absolute atomic E-state index is 0.0348. The van der Waals surface area contributed by atoms with Crippen molar-refractivity contribution in [2.45, 2.75) is 52.5 Å². The number of fused-ring (bicyclic) bond motifs is 1. The number of halogens is 3. The van der Waals surface area contributed by atoms with Gasteiger partial charge in [-0.2, -0.15) is 0 Å². The molecule has 3 amide bonds. The first-order chi connectivity index (χ1) is 23.4. The van der Waals surface area contributed by atoms with Gasteiger partial charge in [-0.05, 0) is 127 Å². The number of phosphoric acid groups is 1. The number of carbonyl (C=O) groups is 3. The van der Waals surface area contributed by atoms with E-state index in [2.05, 4.69) is 83.7 Å². The van der Waals surface area contributed by atoms with Crippen molar-refractivity contribution in [2.75, 3.05) is 40.5 Å². The number of ether oxygens (including phenoxy) is 2. The Balaban J connectivity index is 1.61. The Hall–Kier alpha value is -1.77. The highest BCUT2D eigenvalue weighted by atomic mass is 127. The van der Waals surface area contributed by atoms with E-state index >= 15 is 0 Å². The van der Waals surface area contributed by atoms with Crippen LogP contribution in [0.1, 0.15) is 51.2 Å². The molecule has 2 unspecified atom stereocenters. The van der Waals surface area contributed by atoms with Gasteiger partial charge in [-0.25, -0.2) is 4.57 Å². The van der Waals surface area contributed by atoms with Gasteiger partial charge in [0.15, 0.2) is 0 Å². The Labute approximate surface area is 333 Å². The zero-order valence-electron chi connectivity index (χ0n) is 28.7. The quantitative estimate of drug-likeness (QED) is 0.0691. The molecule has 0 spiro atoms. The molecule has 0 fully saturated rings. The van der Waals surface area contributed by atoms with Crippen LogP contribution in [0.2, 0.25) is 0 Å². The highest BCUT2D eigenvalue weighted by Crippen LogP contribution is 2.44. The predicted molar refractivity (Wildman–Crippen MR) is 218 cm³/mol. The summed E-state index contributed by atoms with van der Waals surface area (Å²) in [4.78, 5) is 49.5. The van der Waals surface area contributed by atoms with Crippen LogP contribution in [0.5, 0.6) is 11.5 Å². The summed E-state index contributed by atoms with van der Waals surface area (Å²) in [5.74, 6) is -0.323. The van der Waals surface area contributed by atoms with Crippen molar-refractivity contribution in [1.82, 2.24) is 16.0 Å². The molecule has 3 atom stereocenters. The molecular weight excluding hydrogens is 1010 g/mol. The third-order valence-electron chi connectivity index (χ3n) is 7.43. The third kappa shape index (κ3) is 13.0. The first-order valence-corrected chi connectivity index (χ1v) is 20.4. The lowest BCUT2D eigenvalue weighted by Crippen LogP contribution is -2.50. The van der Waals surface area contributed by atoms with E-state index in [4.69, 9.17) is 18.5 Å². The summed E-state index contributed by atoms with van der Waals surface area (Å²) >= 11 is 6.59. The number of carbonyl (C=O) groups excluding carboxylic acids is 3. The molecule has 0 heterocycles. The van der Waals surface area contributed by atoms with Gasteiger partial charge in [0.25, 0.3) is 0 Å². The molecule has 3 rings (SSSR count). The number of phosphoric ester groups is 1. The number of hydrogen-bond acceptors (Lipinski definition) is 8. The molecule has 0 saturated carbocycles. The van der Waals surface area contributed by atoms with E-state index in [0.29, 0.717) is 6.42 Å². The summed E-state index contributed by atoms with van der Waals surface area (Å²) in [6, 6.07) is 12.2. The van der Waals surface area contributed by atoms with Gasteiger partial charge in [-0.15, -0.1) is 0 Å². The average Bonchev–Trinajstić information content (AvgIpc) is 3.06. The van der Waals surface area contributed by atoms with E-state index in [1.54, 1.807) is 21.1 Å². The van der Waals surface area contributed by atoms with E-state index in [9.17, 15) is 23.8 Å². The maximum atomic E-state index is 13.2. The Morgan fingerprint density at radius 2 is 1.52 bits per heavy atom. The molecule has 0 saturated heterocycles.